The van der Waals surface area contributed by atoms with Crippen molar-refractivity contribution in [3.05, 3.63) is 73.0 Å². The van der Waals surface area contributed by atoms with Crippen LogP contribution in [0.2, 0.25) is 0 Å². The van der Waals surface area contributed by atoms with Crippen molar-refractivity contribution in [2.75, 3.05) is 19.8 Å². The Balaban J connectivity index is 3.08. The van der Waals surface area contributed by atoms with Crippen molar-refractivity contribution in [2.24, 2.45) is 5.41 Å². The molecule has 0 heterocycles. The molecule has 1 rings (SSSR count). The molecule has 1 unspecified atom stereocenters. The van der Waals surface area contributed by atoms with Crippen LogP contribution >= 0.6 is 0 Å². The number of rotatable bonds is 16. The first kappa shape index (κ1) is 26.7. The Morgan fingerprint density at radius 1 is 1.03 bits per heavy atom. The molecule has 1 atom stereocenters. The second-order valence-electron chi connectivity index (χ2n) is 7.31. The van der Waals surface area contributed by atoms with Crippen LogP contribution in [0.4, 0.5) is 0 Å². The molecule has 32 heavy (non-hydrogen) atoms. The highest BCUT2D eigenvalue weighted by atomic mass is 16.5. The molecule has 0 amide bonds. The zero-order chi connectivity index (χ0) is 23.8. The van der Waals surface area contributed by atoms with E-state index in [1.165, 1.54) is 6.08 Å². The summed E-state index contributed by atoms with van der Waals surface area (Å²) < 4.78 is 16.1. The molecule has 1 aromatic carbocycles. The number of hydrogen-bond acceptors (Lipinski definition) is 6. The molecule has 0 fully saturated rings. The van der Waals surface area contributed by atoms with Crippen molar-refractivity contribution >= 4 is 11.9 Å². The van der Waals surface area contributed by atoms with Gasteiger partial charge in [0.15, 0.2) is 0 Å². The third-order valence-electron chi connectivity index (χ3n) is 5.10. The first-order valence-electron chi connectivity index (χ1n) is 10.8. The summed E-state index contributed by atoms with van der Waals surface area (Å²) in [5.41, 5.74) is 0.463. The van der Waals surface area contributed by atoms with Gasteiger partial charge in [0.25, 0.3) is 0 Å². The minimum Gasteiger partial charge on any atom is -0.493 e. The lowest BCUT2D eigenvalue weighted by atomic mass is 9.76. The van der Waals surface area contributed by atoms with Crippen molar-refractivity contribution in [2.45, 2.75) is 45.4 Å². The first-order valence-corrected chi connectivity index (χ1v) is 10.8. The van der Waals surface area contributed by atoms with Gasteiger partial charge >= 0.3 is 11.9 Å². The number of benzene rings is 1. The molecule has 0 aromatic heterocycles. The van der Waals surface area contributed by atoms with Gasteiger partial charge in [-0.05, 0) is 50.3 Å². The maximum Gasteiger partial charge on any atom is 0.320 e. The van der Waals surface area contributed by atoms with E-state index < -0.39 is 11.4 Å². The molecule has 0 radical (unpaired) electrons. The van der Waals surface area contributed by atoms with Crippen molar-refractivity contribution < 1.29 is 23.8 Å². The van der Waals surface area contributed by atoms with Crippen LogP contribution in [0.25, 0.3) is 0 Å². The fraction of sp³-hybridized carbons (Fsp3) is 0.423. The van der Waals surface area contributed by atoms with E-state index in [-0.39, 0.29) is 25.6 Å². The molecular weight excluding hydrogens is 406 g/mol. The molecule has 0 saturated heterocycles. The molecule has 0 bridgehead atoms. The molecule has 0 aliphatic rings. The van der Waals surface area contributed by atoms with E-state index in [1.54, 1.807) is 25.1 Å². The predicted octanol–water partition coefficient (Wildman–Crippen LogP) is 5.05. The van der Waals surface area contributed by atoms with Gasteiger partial charge < -0.3 is 14.2 Å². The second-order valence-corrected chi connectivity index (χ2v) is 7.31. The van der Waals surface area contributed by atoms with Crippen molar-refractivity contribution in [3.8, 4) is 6.07 Å². The summed E-state index contributed by atoms with van der Waals surface area (Å²) in [5.74, 6) is -0.376. The standard InChI is InChI=1S/C26H33NO5/c1-5-18-31-21(4)26(25(29)32-19-6-2,16-9-8-10-24(28)30-7-3)17-15-22-11-13-23(20-27)14-12-22/h5-6,11-14H,1-2,4,7-10,15-19H2,3H3. The molecule has 0 N–H and O–H groups in total. The minimum atomic E-state index is -1.09. The summed E-state index contributed by atoms with van der Waals surface area (Å²) in [6, 6.07) is 9.32. The Labute approximate surface area is 191 Å². The summed E-state index contributed by atoms with van der Waals surface area (Å²) >= 11 is 0. The van der Waals surface area contributed by atoms with Gasteiger partial charge in [-0.25, -0.2) is 0 Å². The summed E-state index contributed by atoms with van der Waals surface area (Å²) in [6.07, 6.45) is 5.92. The number of esters is 2. The molecule has 6 nitrogen and oxygen atoms in total. The molecule has 0 aliphatic carbocycles. The topological polar surface area (TPSA) is 85.6 Å². The van der Waals surface area contributed by atoms with E-state index >= 15 is 0 Å². The van der Waals surface area contributed by atoms with Crippen molar-refractivity contribution in [3.63, 3.8) is 0 Å². The van der Waals surface area contributed by atoms with Gasteiger partial charge in [-0.3, -0.25) is 9.59 Å². The fourth-order valence-electron chi connectivity index (χ4n) is 3.33. The van der Waals surface area contributed by atoms with Crippen molar-refractivity contribution in [1.29, 1.82) is 5.26 Å². The van der Waals surface area contributed by atoms with Gasteiger partial charge in [0.05, 0.1) is 18.2 Å². The number of hydrogen-bond donors (Lipinski definition) is 0. The number of unbranched alkanes of at least 4 members (excludes halogenated alkanes) is 1. The van der Waals surface area contributed by atoms with Crippen molar-refractivity contribution in [1.82, 2.24) is 0 Å². The van der Waals surface area contributed by atoms with Gasteiger partial charge in [0.2, 0.25) is 0 Å². The van der Waals surface area contributed by atoms with Gasteiger partial charge in [-0.15, -0.1) is 0 Å². The zero-order valence-corrected chi connectivity index (χ0v) is 18.9. The van der Waals surface area contributed by atoms with Gasteiger partial charge in [-0.2, -0.15) is 5.26 Å². The molecular formula is C26H33NO5. The lowest BCUT2D eigenvalue weighted by molar-refractivity contribution is -0.155. The Morgan fingerprint density at radius 2 is 1.69 bits per heavy atom. The highest BCUT2D eigenvalue weighted by Crippen LogP contribution is 2.40. The Kier molecular flexibility index (Phi) is 12.2. The Hall–Kier alpha value is -3.33. The van der Waals surface area contributed by atoms with E-state index in [4.69, 9.17) is 19.5 Å². The van der Waals surface area contributed by atoms with Gasteiger partial charge in [0, 0.05) is 6.42 Å². The molecule has 0 aliphatic heterocycles. The Morgan fingerprint density at radius 3 is 2.28 bits per heavy atom. The van der Waals surface area contributed by atoms with E-state index in [2.05, 4.69) is 25.8 Å². The SMILES string of the molecule is C=CCOC(=C)C(CCCCC(=O)OCC)(CCc1ccc(C#N)cc1)C(=O)OCC=C. The lowest BCUT2D eigenvalue weighted by Crippen LogP contribution is -2.36. The number of carbonyl (C=O) groups excluding carboxylic acids is 2. The molecule has 6 heteroatoms. The summed E-state index contributed by atoms with van der Waals surface area (Å²) in [6.45, 7) is 13.7. The maximum atomic E-state index is 13.2. The normalized spacial score (nSPS) is 12.0. The minimum absolute atomic E-state index is 0.0784. The molecule has 0 saturated carbocycles. The highest BCUT2D eigenvalue weighted by Gasteiger charge is 2.43. The largest absolute Gasteiger partial charge is 0.493 e. The van der Waals surface area contributed by atoms with Crippen LogP contribution in [0.3, 0.4) is 0 Å². The van der Waals surface area contributed by atoms with Crippen LogP contribution in [0.15, 0.2) is 61.9 Å². The van der Waals surface area contributed by atoms with E-state index in [0.29, 0.717) is 50.0 Å². The van der Waals surface area contributed by atoms with Crippen LogP contribution in [-0.2, 0) is 30.2 Å². The van der Waals surface area contributed by atoms with E-state index in [9.17, 15) is 9.59 Å². The number of nitrogens with zero attached hydrogens (tertiary/aromatic N) is 1. The van der Waals surface area contributed by atoms with Gasteiger partial charge in [0.1, 0.15) is 24.4 Å². The average Bonchev–Trinajstić information content (AvgIpc) is 2.81. The Bertz CT molecular complexity index is 796. The maximum absolute atomic E-state index is 13.2. The first-order chi connectivity index (χ1) is 15.4. The fourth-order valence-corrected chi connectivity index (χ4v) is 3.33. The van der Waals surface area contributed by atoms with Crippen LogP contribution in [0.1, 0.15) is 50.2 Å². The monoisotopic (exact) mass is 439 g/mol. The second kappa shape index (κ2) is 14.6. The molecule has 1 aromatic rings. The van der Waals surface area contributed by atoms with Gasteiger partial charge in [-0.1, -0.05) is 50.4 Å². The van der Waals surface area contributed by atoms with Crippen LogP contribution < -0.4 is 0 Å². The molecule has 172 valence electrons. The number of aryl methyl sites for hydroxylation is 1. The molecule has 0 spiro atoms. The van der Waals surface area contributed by atoms with Crippen LogP contribution in [0, 0.1) is 16.7 Å². The number of nitriles is 1. The number of ether oxygens (including phenoxy) is 3. The van der Waals surface area contributed by atoms with E-state index in [0.717, 1.165) is 5.56 Å². The van der Waals surface area contributed by atoms with E-state index in [1.807, 2.05) is 12.1 Å². The third-order valence-corrected chi connectivity index (χ3v) is 5.10. The van der Waals surface area contributed by atoms with Crippen LogP contribution in [-0.4, -0.2) is 31.8 Å². The smallest absolute Gasteiger partial charge is 0.320 e. The summed E-state index contributed by atoms with van der Waals surface area (Å²) in [4.78, 5) is 24.9. The quantitative estimate of drug-likeness (QED) is 0.155. The average molecular weight is 440 g/mol. The zero-order valence-electron chi connectivity index (χ0n) is 18.9. The third kappa shape index (κ3) is 8.43. The summed E-state index contributed by atoms with van der Waals surface area (Å²) in [7, 11) is 0. The lowest BCUT2D eigenvalue weighted by Gasteiger charge is -2.33. The highest BCUT2D eigenvalue weighted by molar-refractivity contribution is 5.80. The summed E-state index contributed by atoms with van der Waals surface area (Å²) in [5, 5.41) is 9.00. The predicted molar refractivity (Wildman–Crippen MR) is 123 cm³/mol. The van der Waals surface area contributed by atoms with Crippen LogP contribution in [0.5, 0.6) is 0 Å². The number of carbonyl (C=O) groups is 2.